The van der Waals surface area contributed by atoms with E-state index in [-0.39, 0.29) is 19.1 Å². The maximum Gasteiger partial charge on any atom is 0.407 e. The Morgan fingerprint density at radius 2 is 1.31 bits per heavy atom. The second-order valence-electron chi connectivity index (χ2n) is 15.1. The number of aliphatic hydroxyl groups is 1. The third-order valence-electron chi connectivity index (χ3n) is 11.5. The number of aromatic nitrogens is 2. The molecule has 4 unspecified atom stereocenters. The number of carbonyl (C=O) groups is 2. The van der Waals surface area contributed by atoms with E-state index in [1.54, 1.807) is 14.2 Å². The number of nitrogens with zero attached hydrogens (tertiary/aromatic N) is 1. The maximum atomic E-state index is 13.8. The molecule has 318 valence electrons. The minimum absolute atomic E-state index is 0.0415. The first-order chi connectivity index (χ1) is 30.1. The van der Waals surface area contributed by atoms with Gasteiger partial charge in [0.1, 0.15) is 48.0 Å². The van der Waals surface area contributed by atoms with Crippen LogP contribution in [0.3, 0.4) is 0 Å². The normalized spacial score (nSPS) is 18.6. The second-order valence-corrected chi connectivity index (χ2v) is 15.1. The van der Waals surface area contributed by atoms with Crippen LogP contribution in [0, 0.1) is 0 Å². The Labute approximate surface area is 357 Å². The first-order valence-corrected chi connectivity index (χ1v) is 20.2. The lowest BCUT2D eigenvalue weighted by Gasteiger charge is -2.37. The second kappa shape index (κ2) is 17.9. The highest BCUT2D eigenvalue weighted by Crippen LogP contribution is 2.45. The molecule has 5 aromatic carbocycles. The van der Waals surface area contributed by atoms with Crippen LogP contribution in [0.1, 0.15) is 46.9 Å². The molecule has 6 aromatic rings. The van der Waals surface area contributed by atoms with Gasteiger partial charge in [0.15, 0.2) is 6.23 Å². The minimum atomic E-state index is -1.45. The molecule has 0 radical (unpaired) electrons. The molecule has 1 aromatic heterocycles. The van der Waals surface area contributed by atoms with Crippen molar-refractivity contribution in [3.63, 3.8) is 0 Å². The van der Waals surface area contributed by atoms with Gasteiger partial charge in [-0.3, -0.25) is 19.1 Å². The summed E-state index contributed by atoms with van der Waals surface area (Å²) in [6, 6.07) is 39.0. The number of hydrogen-bond donors (Lipinski definition) is 4. The number of aromatic amines is 1. The number of amides is 2. The summed E-state index contributed by atoms with van der Waals surface area (Å²) in [6.07, 6.45) is -3.48. The van der Waals surface area contributed by atoms with E-state index in [2.05, 4.69) is 15.6 Å². The number of H-pyrrole nitrogens is 1. The molecule has 0 bridgehead atoms. The topological polar surface area (TPSA) is 179 Å². The van der Waals surface area contributed by atoms with Gasteiger partial charge in [0.05, 0.1) is 20.8 Å². The van der Waals surface area contributed by atoms with Crippen LogP contribution in [0.15, 0.2) is 149 Å². The van der Waals surface area contributed by atoms with Crippen molar-refractivity contribution in [1.29, 1.82) is 0 Å². The van der Waals surface area contributed by atoms with Crippen LogP contribution in [-0.2, 0) is 24.6 Å². The van der Waals surface area contributed by atoms with E-state index < -0.39 is 59.4 Å². The van der Waals surface area contributed by atoms with Crippen molar-refractivity contribution in [2.45, 2.75) is 49.0 Å². The lowest BCUT2D eigenvalue weighted by molar-refractivity contribution is -0.124. The van der Waals surface area contributed by atoms with Crippen LogP contribution in [0.4, 0.5) is 4.79 Å². The molecule has 0 saturated carbocycles. The summed E-state index contributed by atoms with van der Waals surface area (Å²) >= 11 is 0. The van der Waals surface area contributed by atoms with E-state index in [1.165, 1.54) is 13.1 Å². The molecule has 8 rings (SSSR count). The first kappa shape index (κ1) is 41.7. The van der Waals surface area contributed by atoms with Gasteiger partial charge in [0.2, 0.25) is 5.91 Å². The fourth-order valence-corrected chi connectivity index (χ4v) is 8.36. The van der Waals surface area contributed by atoms with Crippen LogP contribution < -0.4 is 31.4 Å². The maximum absolute atomic E-state index is 13.8. The van der Waals surface area contributed by atoms with Crippen LogP contribution in [0.2, 0.25) is 0 Å². The highest BCUT2D eigenvalue weighted by molar-refractivity contribution is 5.85. The van der Waals surface area contributed by atoms with E-state index in [9.17, 15) is 24.3 Å². The zero-order chi connectivity index (χ0) is 43.4. The number of nitrogens with one attached hydrogen (secondary N) is 3. The van der Waals surface area contributed by atoms with Crippen molar-refractivity contribution >= 4 is 12.0 Å². The number of carbonyl (C=O) groups excluding carboxylic acids is 2. The summed E-state index contributed by atoms with van der Waals surface area (Å²) in [4.78, 5) is 54.4. The highest BCUT2D eigenvalue weighted by atomic mass is 16.6. The fourth-order valence-electron chi connectivity index (χ4n) is 8.36. The summed E-state index contributed by atoms with van der Waals surface area (Å²) in [6.45, 7) is 1.26. The molecule has 0 spiro atoms. The SMILES string of the molecule is COc1ccc(C(OCC2OC(n3ccc(=O)[nH]c3=O)C(NC(=O)[C@@H](C)NC(=O)OCC3c4ccccc4-c4ccccc43)C2O)(c2ccccc2)c2ccc(OC)cc2)cc1. The molecular weight excluding hydrogens is 793 g/mol. The van der Waals surface area contributed by atoms with Gasteiger partial charge in [-0.05, 0) is 70.1 Å². The third kappa shape index (κ3) is 8.10. The summed E-state index contributed by atoms with van der Waals surface area (Å²) in [5, 5.41) is 17.4. The number of fused-ring (bicyclic) bond motifs is 3. The lowest BCUT2D eigenvalue weighted by Crippen LogP contribution is -2.54. The first-order valence-electron chi connectivity index (χ1n) is 20.2. The Hall–Kier alpha value is -7.00. The van der Waals surface area contributed by atoms with Crippen LogP contribution in [0.25, 0.3) is 11.1 Å². The molecule has 5 atom stereocenters. The van der Waals surface area contributed by atoms with Gasteiger partial charge in [-0.25, -0.2) is 9.59 Å². The van der Waals surface area contributed by atoms with Gasteiger partial charge in [-0.1, -0.05) is 103 Å². The number of rotatable bonds is 14. The zero-order valence-corrected chi connectivity index (χ0v) is 34.2. The molecule has 1 aliphatic heterocycles. The summed E-state index contributed by atoms with van der Waals surface area (Å²) < 4.78 is 31.1. The quantitative estimate of drug-likeness (QED) is 0.106. The molecule has 1 saturated heterocycles. The molecular formula is C48H46N4O10. The van der Waals surface area contributed by atoms with Crippen molar-refractivity contribution in [3.8, 4) is 22.6 Å². The van der Waals surface area contributed by atoms with Gasteiger partial charge >= 0.3 is 11.8 Å². The van der Waals surface area contributed by atoms with Crippen LogP contribution in [0.5, 0.6) is 11.5 Å². The highest BCUT2D eigenvalue weighted by Gasteiger charge is 2.48. The monoisotopic (exact) mass is 838 g/mol. The molecule has 14 nitrogen and oxygen atoms in total. The molecule has 14 heteroatoms. The Balaban J connectivity index is 1.03. The van der Waals surface area contributed by atoms with Crippen LogP contribution >= 0.6 is 0 Å². The van der Waals surface area contributed by atoms with Crippen LogP contribution in [-0.4, -0.2) is 78.4 Å². The summed E-state index contributed by atoms with van der Waals surface area (Å²) in [7, 11) is 3.16. The van der Waals surface area contributed by atoms with E-state index in [1.807, 2.05) is 127 Å². The van der Waals surface area contributed by atoms with E-state index in [0.29, 0.717) is 11.5 Å². The smallest absolute Gasteiger partial charge is 0.407 e. The lowest BCUT2D eigenvalue weighted by atomic mass is 9.80. The molecule has 62 heavy (non-hydrogen) atoms. The van der Waals surface area contributed by atoms with Crippen molar-refractivity contribution in [3.05, 3.63) is 188 Å². The predicted molar refractivity (Wildman–Crippen MR) is 229 cm³/mol. The Bertz CT molecular complexity index is 2560. The molecule has 2 heterocycles. The Morgan fingerprint density at radius 1 is 0.758 bits per heavy atom. The standard InChI is InChI=1S/C48H46N4O10/c1-29(49-47(57)60-27-39-37-15-9-7-13-35(37)36-14-8-10-16-38(36)39)44(55)51-42-43(54)40(62-45(42)52-26-25-41(53)50-46(52)56)28-61-48(30-11-5-4-6-12-30,31-17-21-33(58-2)22-18-31)32-19-23-34(59-3)24-20-32/h4-26,29,39-40,42-43,45,54H,27-28H2,1-3H3,(H,49,57)(H,51,55)(H,50,53,56)/t29-,40?,42?,43?,45?/m1/s1. The summed E-state index contributed by atoms with van der Waals surface area (Å²) in [5.74, 6) is 0.393. The zero-order valence-electron chi connectivity index (χ0n) is 34.2. The van der Waals surface area contributed by atoms with Crippen molar-refractivity contribution in [2.75, 3.05) is 27.4 Å². The average molecular weight is 839 g/mol. The third-order valence-corrected chi connectivity index (χ3v) is 11.5. The Kier molecular flexibility index (Phi) is 12.1. The number of aliphatic hydroxyl groups excluding tert-OH is 1. The van der Waals surface area contributed by atoms with Crippen molar-refractivity contribution in [2.24, 2.45) is 0 Å². The van der Waals surface area contributed by atoms with Crippen molar-refractivity contribution < 1.29 is 38.4 Å². The number of alkyl carbamates (subject to hydrolysis) is 1. The van der Waals surface area contributed by atoms with Gasteiger partial charge in [0.25, 0.3) is 5.56 Å². The molecule has 1 fully saturated rings. The number of ether oxygens (including phenoxy) is 5. The molecule has 1 aliphatic carbocycles. The predicted octanol–water partition coefficient (Wildman–Crippen LogP) is 5.23. The number of hydrogen-bond acceptors (Lipinski definition) is 10. The van der Waals surface area contributed by atoms with E-state index >= 15 is 0 Å². The van der Waals surface area contributed by atoms with Crippen molar-refractivity contribution in [1.82, 2.24) is 20.2 Å². The van der Waals surface area contributed by atoms with Gasteiger partial charge in [0, 0.05) is 18.2 Å². The Morgan fingerprint density at radius 3 is 1.87 bits per heavy atom. The largest absolute Gasteiger partial charge is 0.497 e. The fraction of sp³-hybridized carbons (Fsp3) is 0.250. The average Bonchev–Trinajstić information content (AvgIpc) is 3.79. The molecule has 2 aliphatic rings. The van der Waals surface area contributed by atoms with E-state index in [4.69, 9.17) is 23.7 Å². The number of methoxy groups -OCH3 is 2. The van der Waals surface area contributed by atoms with Gasteiger partial charge in [-0.2, -0.15) is 0 Å². The minimum Gasteiger partial charge on any atom is -0.497 e. The van der Waals surface area contributed by atoms with Gasteiger partial charge < -0.3 is 39.4 Å². The van der Waals surface area contributed by atoms with E-state index in [0.717, 1.165) is 49.6 Å². The number of benzene rings is 5. The molecule has 4 N–H and O–H groups in total. The molecule has 2 amide bonds. The van der Waals surface area contributed by atoms with Gasteiger partial charge in [-0.15, -0.1) is 0 Å². The summed E-state index contributed by atoms with van der Waals surface area (Å²) in [5.41, 5.74) is 3.71.